The molecule has 9 atom stereocenters. The van der Waals surface area contributed by atoms with Gasteiger partial charge in [0.2, 0.25) is 0 Å². The lowest BCUT2D eigenvalue weighted by Gasteiger charge is -2.67. The number of pyridine rings is 1. The van der Waals surface area contributed by atoms with Crippen LogP contribution in [-0.4, -0.2) is 47.6 Å². The Balaban J connectivity index is 1.21. The number of benzene rings is 2. The first-order valence-corrected chi connectivity index (χ1v) is 17.2. The van der Waals surface area contributed by atoms with Crippen molar-refractivity contribution in [1.29, 1.82) is 0 Å². The predicted molar refractivity (Wildman–Crippen MR) is 181 cm³/mol. The standard InChI is InChI=1S/C40H41NO9/c1-38-16-15-30-39(2,22-46-37(49-30)23-10-6-5-7-11-23)29(38)20-31(48-35(43)24-12-8-14-26(18-24)45-4)40(3)34(38)33(42)32-28(50-40)19-27(47-36(32)44)25-13-9-17-41-21-25/h5-14,17-19,21,29-31,33-34,37,42H,15-16,20,22H2,1-4H3/t29?,30-,31-,33-,34?,37?,38-,39-,40+/m0/s1. The Labute approximate surface area is 290 Å². The second-order valence-corrected chi connectivity index (χ2v) is 14.8. The number of rotatable bonds is 5. The molecule has 10 nitrogen and oxygen atoms in total. The van der Waals surface area contributed by atoms with Crippen molar-refractivity contribution in [1.82, 2.24) is 4.98 Å². The molecule has 0 radical (unpaired) electrons. The second-order valence-electron chi connectivity index (χ2n) is 14.8. The van der Waals surface area contributed by atoms with Gasteiger partial charge in [-0.25, -0.2) is 9.59 Å². The number of aromatic nitrogens is 1. The van der Waals surface area contributed by atoms with Crippen LogP contribution in [0.15, 0.2) is 94.4 Å². The SMILES string of the molecule is COc1cccc(C(=O)O[C@H]2CC3[C@](C)(CC[C@@H]4OC(c5ccccc5)OC[C@@]34C)C3[C@@H](O)c4c(cc(-c5cccnc5)oc4=O)O[C@@]32C)c1. The van der Waals surface area contributed by atoms with Gasteiger partial charge < -0.3 is 33.2 Å². The van der Waals surface area contributed by atoms with Gasteiger partial charge in [-0.05, 0) is 67.9 Å². The molecule has 260 valence electrons. The van der Waals surface area contributed by atoms with Crippen LogP contribution in [0.4, 0.5) is 0 Å². The van der Waals surface area contributed by atoms with Gasteiger partial charge in [-0.1, -0.05) is 50.2 Å². The molecule has 4 aliphatic rings. The molecular formula is C40H41NO9. The van der Waals surface area contributed by atoms with E-state index in [-0.39, 0.29) is 29.1 Å². The molecule has 10 heteroatoms. The van der Waals surface area contributed by atoms with Gasteiger partial charge in [0.25, 0.3) is 0 Å². The molecule has 4 aromatic rings. The Morgan fingerprint density at radius 1 is 1.00 bits per heavy atom. The van der Waals surface area contributed by atoms with Crippen LogP contribution in [0, 0.1) is 22.7 Å². The van der Waals surface area contributed by atoms with Gasteiger partial charge in [0.1, 0.15) is 34.5 Å². The van der Waals surface area contributed by atoms with Crippen LogP contribution in [0.25, 0.3) is 11.3 Å². The van der Waals surface area contributed by atoms with Crippen molar-refractivity contribution in [2.24, 2.45) is 22.7 Å². The highest BCUT2D eigenvalue weighted by atomic mass is 16.7. The first-order chi connectivity index (χ1) is 24.0. The monoisotopic (exact) mass is 679 g/mol. The van der Waals surface area contributed by atoms with Crippen LogP contribution in [0.5, 0.6) is 11.5 Å². The number of aliphatic hydroxyl groups excluding tert-OH is 1. The molecule has 2 aromatic carbocycles. The summed E-state index contributed by atoms with van der Waals surface area (Å²) in [7, 11) is 1.54. The summed E-state index contributed by atoms with van der Waals surface area (Å²) >= 11 is 0. The van der Waals surface area contributed by atoms with Crippen molar-refractivity contribution in [3.8, 4) is 22.8 Å². The summed E-state index contributed by atoms with van der Waals surface area (Å²) in [6, 6.07) is 21.9. The molecule has 50 heavy (non-hydrogen) atoms. The van der Waals surface area contributed by atoms with Crippen LogP contribution in [-0.2, 0) is 14.2 Å². The molecule has 2 aromatic heterocycles. The van der Waals surface area contributed by atoms with E-state index in [0.29, 0.717) is 42.7 Å². The molecular weight excluding hydrogens is 638 g/mol. The third-order valence-electron chi connectivity index (χ3n) is 12.0. The van der Waals surface area contributed by atoms with Crippen LogP contribution in [0.3, 0.4) is 0 Å². The number of carbonyl (C=O) groups excluding carboxylic acids is 1. The summed E-state index contributed by atoms with van der Waals surface area (Å²) < 4.78 is 37.6. The van der Waals surface area contributed by atoms with Crippen LogP contribution < -0.4 is 15.1 Å². The van der Waals surface area contributed by atoms with Gasteiger partial charge >= 0.3 is 11.6 Å². The van der Waals surface area contributed by atoms with Gasteiger partial charge in [0.05, 0.1) is 31.5 Å². The highest BCUT2D eigenvalue weighted by Gasteiger charge is 2.71. The van der Waals surface area contributed by atoms with E-state index in [0.717, 1.165) is 5.56 Å². The first-order valence-electron chi connectivity index (χ1n) is 17.2. The van der Waals surface area contributed by atoms with Crippen molar-refractivity contribution < 1.29 is 38.0 Å². The zero-order valence-corrected chi connectivity index (χ0v) is 28.5. The van der Waals surface area contributed by atoms with E-state index in [1.54, 1.807) is 62.0 Å². The minimum absolute atomic E-state index is 0.0624. The Morgan fingerprint density at radius 2 is 1.82 bits per heavy atom. The Kier molecular flexibility index (Phi) is 7.89. The predicted octanol–water partition coefficient (Wildman–Crippen LogP) is 6.68. The van der Waals surface area contributed by atoms with E-state index in [2.05, 4.69) is 18.8 Å². The van der Waals surface area contributed by atoms with Crippen LogP contribution in [0.2, 0.25) is 0 Å². The Bertz CT molecular complexity index is 1970. The van der Waals surface area contributed by atoms with E-state index < -0.39 is 52.4 Å². The van der Waals surface area contributed by atoms with Crippen molar-refractivity contribution >= 4 is 5.97 Å². The number of ether oxygens (including phenoxy) is 5. The van der Waals surface area contributed by atoms with Crippen LogP contribution in [0.1, 0.15) is 73.9 Å². The maximum atomic E-state index is 13.9. The van der Waals surface area contributed by atoms with E-state index >= 15 is 0 Å². The molecule has 1 N–H and O–H groups in total. The summed E-state index contributed by atoms with van der Waals surface area (Å²) in [5.41, 5.74) is -1.05. The van der Waals surface area contributed by atoms with Gasteiger partial charge in [-0.3, -0.25) is 4.98 Å². The summed E-state index contributed by atoms with van der Waals surface area (Å²) in [5, 5.41) is 12.4. The number of nitrogens with zero attached hydrogens (tertiary/aromatic N) is 1. The number of aliphatic hydroxyl groups is 1. The normalized spacial score (nSPS) is 34.2. The fourth-order valence-corrected chi connectivity index (χ4v) is 9.59. The lowest BCUT2D eigenvalue weighted by Crippen LogP contribution is -2.71. The lowest BCUT2D eigenvalue weighted by atomic mass is 9.42. The molecule has 0 spiro atoms. The highest BCUT2D eigenvalue weighted by molar-refractivity contribution is 5.90. The van der Waals surface area contributed by atoms with Crippen LogP contribution >= 0.6 is 0 Å². The average Bonchev–Trinajstić information content (AvgIpc) is 3.12. The van der Waals surface area contributed by atoms with Gasteiger partial charge in [0.15, 0.2) is 6.29 Å². The molecule has 2 saturated carbocycles. The zero-order valence-electron chi connectivity index (χ0n) is 28.5. The van der Waals surface area contributed by atoms with Crippen molar-refractivity contribution in [3.05, 3.63) is 112 Å². The first kappa shape index (κ1) is 32.7. The molecule has 3 unspecified atom stereocenters. The average molecular weight is 680 g/mol. The van der Waals surface area contributed by atoms with Crippen molar-refractivity contribution in [3.63, 3.8) is 0 Å². The Hall–Kier alpha value is -4.51. The minimum Gasteiger partial charge on any atom is -0.497 e. The molecule has 2 aliphatic carbocycles. The molecule has 8 rings (SSSR count). The molecule has 2 aliphatic heterocycles. The maximum absolute atomic E-state index is 13.9. The Morgan fingerprint density at radius 3 is 2.58 bits per heavy atom. The topological polar surface area (TPSA) is 127 Å². The minimum atomic E-state index is -1.27. The largest absolute Gasteiger partial charge is 0.497 e. The van der Waals surface area contributed by atoms with E-state index in [4.69, 9.17) is 28.1 Å². The number of fused-ring (bicyclic) bond motifs is 6. The number of carbonyl (C=O) groups is 1. The molecule has 3 fully saturated rings. The molecule has 0 amide bonds. The second kappa shape index (κ2) is 12.1. The summed E-state index contributed by atoms with van der Waals surface area (Å²) in [6.45, 7) is 6.63. The third-order valence-corrected chi connectivity index (χ3v) is 12.0. The van der Waals surface area contributed by atoms with E-state index in [1.165, 1.54) is 0 Å². The summed E-state index contributed by atoms with van der Waals surface area (Å²) in [5.74, 6) is -0.346. The smallest absolute Gasteiger partial charge is 0.345 e. The van der Waals surface area contributed by atoms with E-state index in [9.17, 15) is 14.7 Å². The maximum Gasteiger partial charge on any atom is 0.345 e. The number of methoxy groups -OCH3 is 1. The van der Waals surface area contributed by atoms with Crippen molar-refractivity contribution in [2.45, 2.75) is 70.2 Å². The molecule has 4 heterocycles. The van der Waals surface area contributed by atoms with Gasteiger partial charge in [-0.15, -0.1) is 0 Å². The summed E-state index contributed by atoms with van der Waals surface area (Å²) in [4.78, 5) is 31.8. The van der Waals surface area contributed by atoms with Gasteiger partial charge in [-0.2, -0.15) is 0 Å². The number of esters is 1. The van der Waals surface area contributed by atoms with E-state index in [1.807, 2.05) is 37.3 Å². The number of hydrogen-bond donors (Lipinski definition) is 1. The summed E-state index contributed by atoms with van der Waals surface area (Å²) in [6.07, 6.45) is 2.31. The molecule has 1 saturated heterocycles. The van der Waals surface area contributed by atoms with Gasteiger partial charge in [0, 0.05) is 40.9 Å². The zero-order chi connectivity index (χ0) is 34.8. The number of hydrogen-bond acceptors (Lipinski definition) is 10. The molecule has 0 bridgehead atoms. The quantitative estimate of drug-likeness (QED) is 0.228. The fourth-order valence-electron chi connectivity index (χ4n) is 9.59. The fraction of sp³-hybridized carbons (Fsp3) is 0.425. The highest BCUT2D eigenvalue weighted by Crippen LogP contribution is 2.68. The third kappa shape index (κ3) is 5.07. The van der Waals surface area contributed by atoms with Crippen molar-refractivity contribution in [2.75, 3.05) is 13.7 Å². The lowest BCUT2D eigenvalue weighted by molar-refractivity contribution is -0.330.